The van der Waals surface area contributed by atoms with Crippen molar-refractivity contribution >= 4 is 34.8 Å². The zero-order valence-corrected chi connectivity index (χ0v) is 16.6. The number of fused-ring (bicyclic) bond motifs is 1. The molecule has 148 valence electrons. The van der Waals surface area contributed by atoms with Gasteiger partial charge in [0.1, 0.15) is 10.5 Å². The number of aromatic nitrogens is 3. The van der Waals surface area contributed by atoms with Crippen molar-refractivity contribution in [2.24, 2.45) is 5.73 Å². The second kappa shape index (κ2) is 7.77. The van der Waals surface area contributed by atoms with Crippen LogP contribution in [-0.4, -0.2) is 27.6 Å². The van der Waals surface area contributed by atoms with Gasteiger partial charge in [-0.25, -0.2) is 4.79 Å². The number of esters is 1. The lowest BCUT2D eigenvalue weighted by Crippen LogP contribution is -2.40. The summed E-state index contributed by atoms with van der Waals surface area (Å²) < 4.78 is 6.92. The highest BCUT2D eigenvalue weighted by Gasteiger charge is 2.36. The summed E-state index contributed by atoms with van der Waals surface area (Å²) >= 11 is 1.12. The van der Waals surface area contributed by atoms with Crippen LogP contribution in [0.15, 0.2) is 59.4 Å². The number of hydrogen-bond donors (Lipinski definition) is 1. The van der Waals surface area contributed by atoms with E-state index in [9.17, 15) is 14.9 Å². The maximum atomic E-state index is 13.1. The van der Waals surface area contributed by atoms with E-state index in [4.69, 9.17) is 10.5 Å². The van der Waals surface area contributed by atoms with Gasteiger partial charge in [-0.3, -0.25) is 19.3 Å². The molecular weight excluding hydrogens is 402 g/mol. The summed E-state index contributed by atoms with van der Waals surface area (Å²) in [6.45, 7) is 0. The first kappa shape index (κ1) is 19.3. The van der Waals surface area contributed by atoms with Gasteiger partial charge in [-0.05, 0) is 41.5 Å². The molecule has 1 atom stereocenters. The van der Waals surface area contributed by atoms with Gasteiger partial charge in [-0.15, -0.1) is 11.3 Å². The van der Waals surface area contributed by atoms with E-state index in [1.54, 1.807) is 55.1 Å². The van der Waals surface area contributed by atoms with Crippen LogP contribution in [0.2, 0.25) is 0 Å². The lowest BCUT2D eigenvalue weighted by molar-refractivity contribution is -0.134. The van der Waals surface area contributed by atoms with Crippen molar-refractivity contribution in [3.63, 3.8) is 0 Å². The smallest absolute Gasteiger partial charge is 0.337 e. The standard InChI is InChI=1S/C21H15N5O3S/c1-29-21(28)17-16(13-4-8-25-9-5-13)14(11-22)18(23)26-19(27)15(30-20(17)26)10-12-2-6-24-7-3-12/h2-10,16H,23H2,1H3/b15-10+/t16-/m0/s1. The average molecular weight is 417 g/mol. The minimum absolute atomic E-state index is 0.00223. The summed E-state index contributed by atoms with van der Waals surface area (Å²) in [7, 11) is 1.26. The predicted octanol–water partition coefficient (Wildman–Crippen LogP) is 0.301. The van der Waals surface area contributed by atoms with Crippen LogP contribution in [0.1, 0.15) is 17.0 Å². The molecule has 0 saturated heterocycles. The molecule has 0 aromatic carbocycles. The lowest BCUT2D eigenvalue weighted by atomic mass is 9.84. The number of pyridine rings is 2. The Morgan fingerprint density at radius 1 is 1.23 bits per heavy atom. The third-order valence-electron chi connectivity index (χ3n) is 4.72. The van der Waals surface area contributed by atoms with Gasteiger partial charge in [0.15, 0.2) is 0 Å². The second-order valence-corrected chi connectivity index (χ2v) is 7.40. The Morgan fingerprint density at radius 3 is 2.47 bits per heavy atom. The van der Waals surface area contributed by atoms with Gasteiger partial charge in [0.05, 0.1) is 34.8 Å². The van der Waals surface area contributed by atoms with E-state index in [1.807, 2.05) is 0 Å². The Bertz CT molecular complexity index is 1380. The molecule has 1 aliphatic rings. The normalized spacial score (nSPS) is 16.2. The third kappa shape index (κ3) is 3.09. The molecule has 1 aliphatic heterocycles. The molecular formula is C21H15N5O3S. The average Bonchev–Trinajstić information content (AvgIpc) is 3.10. The molecule has 3 aromatic rings. The van der Waals surface area contributed by atoms with Crippen LogP contribution in [0.25, 0.3) is 17.5 Å². The van der Waals surface area contributed by atoms with Crippen molar-refractivity contribution in [1.82, 2.24) is 14.5 Å². The quantitative estimate of drug-likeness (QED) is 0.608. The summed E-state index contributed by atoms with van der Waals surface area (Å²) in [6, 6.07) is 8.98. The van der Waals surface area contributed by atoms with Crippen LogP contribution in [0.5, 0.6) is 0 Å². The van der Waals surface area contributed by atoms with Crippen LogP contribution in [0.4, 0.5) is 0 Å². The molecule has 8 nitrogen and oxygen atoms in total. The molecule has 0 unspecified atom stereocenters. The SMILES string of the molecule is COC(=O)C1=c2s/c(=C/c3ccncc3)c(=O)n2C(N)=C(C#N)[C@@H]1c1ccncc1. The Hall–Kier alpha value is -4.03. The van der Waals surface area contributed by atoms with E-state index < -0.39 is 17.4 Å². The first-order valence-corrected chi connectivity index (χ1v) is 9.64. The molecule has 4 rings (SSSR count). The monoisotopic (exact) mass is 417 g/mol. The van der Waals surface area contributed by atoms with Crippen LogP contribution in [-0.2, 0) is 9.53 Å². The molecule has 0 aliphatic carbocycles. The van der Waals surface area contributed by atoms with Crippen molar-refractivity contribution in [2.75, 3.05) is 7.11 Å². The number of thiazole rings is 1. The minimum Gasteiger partial charge on any atom is -0.466 e. The van der Waals surface area contributed by atoms with Gasteiger partial charge in [-0.2, -0.15) is 5.26 Å². The van der Waals surface area contributed by atoms with E-state index in [-0.39, 0.29) is 17.0 Å². The number of allylic oxidation sites excluding steroid dienone is 1. The predicted molar refractivity (Wildman–Crippen MR) is 111 cm³/mol. The zero-order chi connectivity index (χ0) is 21.3. The molecule has 3 aromatic heterocycles. The van der Waals surface area contributed by atoms with Crippen molar-refractivity contribution in [3.05, 3.63) is 85.3 Å². The van der Waals surface area contributed by atoms with Crippen molar-refractivity contribution < 1.29 is 9.53 Å². The first-order chi connectivity index (χ1) is 14.6. The third-order valence-corrected chi connectivity index (χ3v) is 5.83. The molecule has 0 spiro atoms. The van der Waals surface area contributed by atoms with Crippen molar-refractivity contribution in [3.8, 4) is 6.07 Å². The van der Waals surface area contributed by atoms with Gasteiger partial charge >= 0.3 is 5.97 Å². The Morgan fingerprint density at radius 2 is 1.87 bits per heavy atom. The molecule has 9 heteroatoms. The molecule has 4 heterocycles. The van der Waals surface area contributed by atoms with E-state index in [0.717, 1.165) is 16.9 Å². The van der Waals surface area contributed by atoms with Gasteiger partial charge in [0.2, 0.25) is 0 Å². The molecule has 2 N–H and O–H groups in total. The summed E-state index contributed by atoms with van der Waals surface area (Å²) in [5, 5.41) is 9.83. The summed E-state index contributed by atoms with van der Waals surface area (Å²) in [5.41, 5.74) is 7.56. The Kier molecular flexibility index (Phi) is 5.00. The number of ether oxygens (including phenoxy) is 1. The summed E-state index contributed by atoms with van der Waals surface area (Å²) in [6.07, 6.45) is 8.05. The molecule has 0 radical (unpaired) electrons. The van der Waals surface area contributed by atoms with E-state index in [1.165, 1.54) is 11.7 Å². The van der Waals surface area contributed by atoms with Crippen molar-refractivity contribution in [2.45, 2.75) is 5.92 Å². The molecule has 30 heavy (non-hydrogen) atoms. The van der Waals surface area contributed by atoms with Gasteiger partial charge in [-0.1, -0.05) is 0 Å². The lowest BCUT2D eigenvalue weighted by Gasteiger charge is -2.24. The Labute approximate surface area is 174 Å². The fourth-order valence-corrected chi connectivity index (χ4v) is 4.52. The number of carbonyl (C=O) groups excluding carboxylic acids is 1. The molecule has 0 bridgehead atoms. The fraction of sp³-hybridized carbons (Fsp3) is 0.0952. The number of nitriles is 1. The zero-order valence-electron chi connectivity index (χ0n) is 15.8. The second-order valence-electron chi connectivity index (χ2n) is 6.37. The van der Waals surface area contributed by atoms with Crippen LogP contribution in [0, 0.1) is 11.3 Å². The Balaban J connectivity index is 2.12. The molecule has 0 amide bonds. The number of methoxy groups -OCH3 is 1. The van der Waals surface area contributed by atoms with E-state index in [2.05, 4.69) is 16.0 Å². The van der Waals surface area contributed by atoms with Crippen LogP contribution < -0.4 is 20.5 Å². The highest BCUT2D eigenvalue weighted by atomic mass is 32.1. The van der Waals surface area contributed by atoms with E-state index in [0.29, 0.717) is 14.8 Å². The number of hydrogen-bond acceptors (Lipinski definition) is 8. The van der Waals surface area contributed by atoms with E-state index >= 15 is 0 Å². The number of carbonyl (C=O) groups is 1. The minimum atomic E-state index is -0.766. The van der Waals surface area contributed by atoms with Gasteiger partial charge in [0, 0.05) is 24.8 Å². The molecule has 0 fully saturated rings. The molecule has 0 saturated carbocycles. The van der Waals surface area contributed by atoms with Crippen LogP contribution >= 0.6 is 11.3 Å². The summed E-state index contributed by atoms with van der Waals surface area (Å²) in [5.74, 6) is -1.41. The number of nitrogens with two attached hydrogens (primary N) is 1. The largest absolute Gasteiger partial charge is 0.466 e. The number of rotatable bonds is 3. The number of nitrogens with zero attached hydrogens (tertiary/aromatic N) is 4. The fourth-order valence-electron chi connectivity index (χ4n) is 3.35. The first-order valence-electron chi connectivity index (χ1n) is 8.83. The van der Waals surface area contributed by atoms with Gasteiger partial charge < -0.3 is 10.5 Å². The topological polar surface area (TPSA) is 124 Å². The summed E-state index contributed by atoms with van der Waals surface area (Å²) in [4.78, 5) is 33.9. The highest BCUT2D eigenvalue weighted by molar-refractivity contribution is 7.07. The highest BCUT2D eigenvalue weighted by Crippen LogP contribution is 2.36. The van der Waals surface area contributed by atoms with Gasteiger partial charge in [0.25, 0.3) is 5.56 Å². The maximum absolute atomic E-state index is 13.1. The van der Waals surface area contributed by atoms with Crippen molar-refractivity contribution in [1.29, 1.82) is 5.26 Å². The van der Waals surface area contributed by atoms with Crippen LogP contribution in [0.3, 0.4) is 0 Å². The maximum Gasteiger partial charge on any atom is 0.337 e.